The first-order valence-electron chi connectivity index (χ1n) is 6.79. The van der Waals surface area contributed by atoms with Crippen molar-refractivity contribution in [1.29, 1.82) is 10.5 Å². The third-order valence-corrected chi connectivity index (χ3v) is 3.42. The number of carbonyl (C=O) groups excluding carboxylic acids is 1. The number of carbonyl (C=O) groups is 1. The van der Waals surface area contributed by atoms with Gasteiger partial charge >= 0.3 is 0 Å². The third kappa shape index (κ3) is 3.37. The van der Waals surface area contributed by atoms with Crippen LogP contribution in [0.5, 0.6) is 5.75 Å². The number of ether oxygens (including phenoxy) is 1. The van der Waals surface area contributed by atoms with Gasteiger partial charge in [-0.2, -0.15) is 10.5 Å². The van der Waals surface area contributed by atoms with Crippen LogP contribution in [0.15, 0.2) is 36.4 Å². The van der Waals surface area contributed by atoms with Gasteiger partial charge in [0.25, 0.3) is 5.69 Å². The van der Waals surface area contributed by atoms with E-state index in [9.17, 15) is 14.9 Å². The van der Waals surface area contributed by atoms with E-state index in [2.05, 4.69) is 0 Å². The minimum absolute atomic E-state index is 0.000584. The lowest BCUT2D eigenvalue weighted by atomic mass is 9.97. The molecule has 118 valence electrons. The molecule has 0 N–H and O–H groups in total. The maximum atomic E-state index is 12.3. The van der Waals surface area contributed by atoms with Crippen LogP contribution in [0.1, 0.15) is 27.0 Å². The lowest BCUT2D eigenvalue weighted by molar-refractivity contribution is -0.385. The Labute approximate surface area is 137 Å². The standard InChI is InChI=1S/C17H11N3O4/c1-24-15-4-2-11(3-5-15)17(21)8-12-6-13(9-18)14(10-19)7-16(12)20(22)23/h2-7H,8H2,1H3. The minimum Gasteiger partial charge on any atom is -0.497 e. The fourth-order valence-electron chi connectivity index (χ4n) is 2.18. The SMILES string of the molecule is COc1ccc(C(=O)Cc2cc(C#N)c(C#N)cc2[N+](=O)[O-])cc1. The highest BCUT2D eigenvalue weighted by atomic mass is 16.6. The van der Waals surface area contributed by atoms with E-state index >= 15 is 0 Å². The van der Waals surface area contributed by atoms with Crippen molar-refractivity contribution in [1.82, 2.24) is 0 Å². The zero-order chi connectivity index (χ0) is 17.7. The molecule has 7 heteroatoms. The average molecular weight is 321 g/mol. The number of Topliss-reactive ketones (excluding diaryl/α,β-unsaturated/α-hetero) is 1. The number of methoxy groups -OCH3 is 1. The topological polar surface area (TPSA) is 117 Å². The Balaban J connectivity index is 2.40. The molecule has 7 nitrogen and oxygen atoms in total. The second-order valence-electron chi connectivity index (χ2n) is 4.84. The molecular formula is C17H11N3O4. The number of nitriles is 2. The highest BCUT2D eigenvalue weighted by molar-refractivity contribution is 5.98. The lowest BCUT2D eigenvalue weighted by Gasteiger charge is -2.06. The van der Waals surface area contributed by atoms with E-state index in [1.54, 1.807) is 30.3 Å². The Bertz CT molecular complexity index is 890. The summed E-state index contributed by atoms with van der Waals surface area (Å²) >= 11 is 0. The van der Waals surface area contributed by atoms with Gasteiger partial charge in [0, 0.05) is 23.6 Å². The van der Waals surface area contributed by atoms with Crippen LogP contribution < -0.4 is 4.74 Å². The molecule has 2 rings (SSSR count). The Hall–Kier alpha value is -3.71. The molecule has 0 atom stereocenters. The maximum Gasteiger partial charge on any atom is 0.274 e. The van der Waals surface area contributed by atoms with Crippen molar-refractivity contribution < 1.29 is 14.5 Å². The summed E-state index contributed by atoms with van der Waals surface area (Å²) in [6, 6.07) is 12.1. The van der Waals surface area contributed by atoms with Crippen LogP contribution in [-0.2, 0) is 6.42 Å². The summed E-state index contributed by atoms with van der Waals surface area (Å²) in [6.07, 6.45) is -0.247. The van der Waals surface area contributed by atoms with Crippen molar-refractivity contribution in [3.05, 3.63) is 68.8 Å². The normalized spacial score (nSPS) is 9.62. The van der Waals surface area contributed by atoms with Crippen LogP contribution >= 0.6 is 0 Å². The molecular weight excluding hydrogens is 310 g/mol. The van der Waals surface area contributed by atoms with E-state index < -0.39 is 4.92 Å². The highest BCUT2D eigenvalue weighted by Gasteiger charge is 2.21. The van der Waals surface area contributed by atoms with Gasteiger partial charge in [-0.15, -0.1) is 0 Å². The average Bonchev–Trinajstić information content (AvgIpc) is 2.61. The summed E-state index contributed by atoms with van der Waals surface area (Å²) in [7, 11) is 1.50. The number of nitrogens with zero attached hydrogens (tertiary/aromatic N) is 3. The Morgan fingerprint density at radius 3 is 2.25 bits per heavy atom. The van der Waals surface area contributed by atoms with E-state index in [0.717, 1.165) is 6.07 Å². The smallest absolute Gasteiger partial charge is 0.274 e. The molecule has 0 aliphatic carbocycles. The lowest BCUT2D eigenvalue weighted by Crippen LogP contribution is -2.07. The van der Waals surface area contributed by atoms with Crippen molar-refractivity contribution in [3.8, 4) is 17.9 Å². The molecule has 0 aliphatic rings. The van der Waals surface area contributed by atoms with Gasteiger partial charge < -0.3 is 4.74 Å². The fraction of sp³-hybridized carbons (Fsp3) is 0.118. The second-order valence-corrected chi connectivity index (χ2v) is 4.84. The molecule has 0 fully saturated rings. The van der Waals surface area contributed by atoms with Gasteiger partial charge in [0.05, 0.1) is 23.2 Å². The first kappa shape index (κ1) is 16.7. The van der Waals surface area contributed by atoms with Crippen molar-refractivity contribution in [2.45, 2.75) is 6.42 Å². The molecule has 2 aromatic carbocycles. The van der Waals surface area contributed by atoms with Gasteiger partial charge in [0.1, 0.15) is 17.9 Å². The zero-order valence-corrected chi connectivity index (χ0v) is 12.6. The van der Waals surface area contributed by atoms with Crippen molar-refractivity contribution in [2.24, 2.45) is 0 Å². The van der Waals surface area contributed by atoms with Crippen LogP contribution in [0.4, 0.5) is 5.69 Å². The number of rotatable bonds is 5. The number of nitro groups is 1. The largest absolute Gasteiger partial charge is 0.497 e. The Morgan fingerprint density at radius 1 is 1.17 bits per heavy atom. The molecule has 0 heterocycles. The van der Waals surface area contributed by atoms with Gasteiger partial charge in [-0.1, -0.05) is 0 Å². The van der Waals surface area contributed by atoms with Crippen LogP contribution in [0.25, 0.3) is 0 Å². The predicted molar refractivity (Wildman–Crippen MR) is 83.6 cm³/mol. The van der Waals surface area contributed by atoms with Crippen molar-refractivity contribution >= 4 is 11.5 Å². The Kier molecular flexibility index (Phi) is 4.88. The van der Waals surface area contributed by atoms with E-state index in [0.29, 0.717) is 11.3 Å². The summed E-state index contributed by atoms with van der Waals surface area (Å²) in [6.45, 7) is 0. The summed E-state index contributed by atoms with van der Waals surface area (Å²) in [4.78, 5) is 22.8. The molecule has 0 unspecified atom stereocenters. The predicted octanol–water partition coefficient (Wildman–Crippen LogP) is 2.77. The number of benzene rings is 2. The molecule has 0 radical (unpaired) electrons. The number of hydrogen-bond acceptors (Lipinski definition) is 6. The Morgan fingerprint density at radius 2 is 1.75 bits per heavy atom. The number of ketones is 1. The quantitative estimate of drug-likeness (QED) is 0.475. The number of nitro benzene ring substituents is 1. The van der Waals surface area contributed by atoms with E-state index in [1.807, 2.05) is 6.07 Å². The minimum atomic E-state index is -0.668. The van der Waals surface area contributed by atoms with E-state index in [4.69, 9.17) is 15.3 Å². The maximum absolute atomic E-state index is 12.3. The first-order chi connectivity index (χ1) is 11.5. The molecule has 24 heavy (non-hydrogen) atoms. The summed E-state index contributed by atoms with van der Waals surface area (Å²) in [5.41, 5.74) is 0.0159. The molecule has 2 aromatic rings. The molecule has 0 spiro atoms. The molecule has 0 saturated carbocycles. The second kappa shape index (κ2) is 7.03. The van der Waals surface area contributed by atoms with Gasteiger partial charge in [0.2, 0.25) is 0 Å². The molecule has 0 aliphatic heterocycles. The zero-order valence-electron chi connectivity index (χ0n) is 12.6. The molecule has 0 bridgehead atoms. The van der Waals surface area contributed by atoms with Crippen molar-refractivity contribution in [2.75, 3.05) is 7.11 Å². The van der Waals surface area contributed by atoms with Gasteiger partial charge in [-0.05, 0) is 30.3 Å². The molecule has 0 amide bonds. The van der Waals surface area contributed by atoms with Crippen LogP contribution in [-0.4, -0.2) is 17.8 Å². The van der Waals surface area contributed by atoms with Crippen LogP contribution in [0.3, 0.4) is 0 Å². The van der Waals surface area contributed by atoms with Crippen molar-refractivity contribution in [3.63, 3.8) is 0 Å². The van der Waals surface area contributed by atoms with Gasteiger partial charge in [0.15, 0.2) is 5.78 Å². The monoisotopic (exact) mass is 321 g/mol. The molecule has 0 aromatic heterocycles. The summed E-state index contributed by atoms with van der Waals surface area (Å²) in [5.74, 6) is 0.247. The highest BCUT2D eigenvalue weighted by Crippen LogP contribution is 2.25. The third-order valence-electron chi connectivity index (χ3n) is 3.42. The van der Waals surface area contributed by atoms with Gasteiger partial charge in [-0.25, -0.2) is 0 Å². The fourth-order valence-corrected chi connectivity index (χ4v) is 2.18. The van der Waals surface area contributed by atoms with Crippen LogP contribution in [0.2, 0.25) is 0 Å². The van der Waals surface area contributed by atoms with Crippen LogP contribution in [0, 0.1) is 32.8 Å². The van der Waals surface area contributed by atoms with E-state index in [-0.39, 0.29) is 34.6 Å². The summed E-state index contributed by atoms with van der Waals surface area (Å²) < 4.78 is 5.01. The van der Waals surface area contributed by atoms with E-state index in [1.165, 1.54) is 13.2 Å². The first-order valence-corrected chi connectivity index (χ1v) is 6.79. The molecule has 0 saturated heterocycles. The summed E-state index contributed by atoms with van der Waals surface area (Å²) in [5, 5.41) is 29.2. The van der Waals surface area contributed by atoms with Gasteiger partial charge in [-0.3, -0.25) is 14.9 Å². The number of hydrogen-bond donors (Lipinski definition) is 0.